The number of hydrogen-bond donors (Lipinski definition) is 2. The van der Waals surface area contributed by atoms with E-state index in [4.69, 9.17) is 0 Å². The van der Waals surface area contributed by atoms with Crippen molar-refractivity contribution in [3.05, 3.63) is 30.9 Å². The molecule has 0 radical (unpaired) electrons. The Bertz CT molecular complexity index is 248. The number of aromatic amines is 2. The molecule has 50 valence electrons. The van der Waals surface area contributed by atoms with Crippen molar-refractivity contribution in [3.63, 3.8) is 0 Å². The SMILES string of the molecule is c1c[nH]c(-c2cnc[nH]2)c1. The van der Waals surface area contributed by atoms with Gasteiger partial charge in [0.1, 0.15) is 0 Å². The van der Waals surface area contributed by atoms with Gasteiger partial charge in [-0.25, -0.2) is 4.98 Å². The van der Waals surface area contributed by atoms with E-state index in [-0.39, 0.29) is 0 Å². The van der Waals surface area contributed by atoms with Crippen LogP contribution in [0.1, 0.15) is 0 Å². The topological polar surface area (TPSA) is 44.5 Å². The standard InChI is InChI=1S/C7H7N3/c1-2-6(9-3-1)7-4-8-5-10-7/h1-5,9H,(H,8,10). The summed E-state index contributed by atoms with van der Waals surface area (Å²) >= 11 is 0. The molecule has 0 aliphatic carbocycles. The third kappa shape index (κ3) is 0.719. The average Bonchev–Trinajstić information content (AvgIpc) is 2.59. The van der Waals surface area contributed by atoms with Crippen LogP contribution in [0.2, 0.25) is 0 Å². The number of imidazole rings is 1. The Morgan fingerprint density at radius 2 is 2.20 bits per heavy atom. The highest BCUT2D eigenvalue weighted by Gasteiger charge is 1.95. The van der Waals surface area contributed by atoms with Gasteiger partial charge in [0, 0.05) is 6.20 Å². The Labute approximate surface area is 58.1 Å². The second-order valence-electron chi connectivity index (χ2n) is 2.05. The van der Waals surface area contributed by atoms with Crippen LogP contribution in [0.5, 0.6) is 0 Å². The van der Waals surface area contributed by atoms with E-state index >= 15 is 0 Å². The molecule has 2 rings (SSSR count). The maximum absolute atomic E-state index is 3.90. The highest BCUT2D eigenvalue weighted by molar-refractivity contribution is 5.52. The summed E-state index contributed by atoms with van der Waals surface area (Å²) in [5, 5.41) is 0. The fourth-order valence-corrected chi connectivity index (χ4v) is 0.901. The summed E-state index contributed by atoms with van der Waals surface area (Å²) in [6.45, 7) is 0. The molecule has 0 saturated heterocycles. The molecule has 2 heterocycles. The van der Waals surface area contributed by atoms with Crippen LogP contribution in [0.3, 0.4) is 0 Å². The third-order valence-electron chi connectivity index (χ3n) is 1.39. The molecule has 0 aromatic carbocycles. The maximum atomic E-state index is 3.90. The number of H-pyrrole nitrogens is 2. The van der Waals surface area contributed by atoms with Crippen LogP contribution >= 0.6 is 0 Å². The number of rotatable bonds is 1. The van der Waals surface area contributed by atoms with Crippen molar-refractivity contribution in [1.82, 2.24) is 15.0 Å². The van der Waals surface area contributed by atoms with E-state index in [0.29, 0.717) is 0 Å². The number of nitrogens with one attached hydrogen (secondary N) is 2. The van der Waals surface area contributed by atoms with E-state index in [1.165, 1.54) is 0 Å². The van der Waals surface area contributed by atoms with Crippen LogP contribution < -0.4 is 0 Å². The molecule has 2 aromatic heterocycles. The van der Waals surface area contributed by atoms with Gasteiger partial charge in [0.15, 0.2) is 0 Å². The lowest BCUT2D eigenvalue weighted by molar-refractivity contribution is 1.30. The molecule has 3 heteroatoms. The van der Waals surface area contributed by atoms with Crippen LogP contribution in [0.15, 0.2) is 30.9 Å². The van der Waals surface area contributed by atoms with E-state index in [0.717, 1.165) is 11.4 Å². The summed E-state index contributed by atoms with van der Waals surface area (Å²) in [4.78, 5) is 9.97. The van der Waals surface area contributed by atoms with Gasteiger partial charge < -0.3 is 9.97 Å². The number of hydrogen-bond acceptors (Lipinski definition) is 1. The smallest absolute Gasteiger partial charge is 0.0924 e. The average molecular weight is 133 g/mol. The summed E-state index contributed by atoms with van der Waals surface area (Å²) in [5.74, 6) is 0. The van der Waals surface area contributed by atoms with Gasteiger partial charge in [-0.15, -0.1) is 0 Å². The van der Waals surface area contributed by atoms with Gasteiger partial charge in [0.25, 0.3) is 0 Å². The lowest BCUT2D eigenvalue weighted by Crippen LogP contribution is -1.73. The first kappa shape index (κ1) is 5.29. The van der Waals surface area contributed by atoms with Crippen LogP contribution in [0.4, 0.5) is 0 Å². The Balaban J connectivity index is 2.48. The van der Waals surface area contributed by atoms with Gasteiger partial charge in [0.2, 0.25) is 0 Å². The monoisotopic (exact) mass is 133 g/mol. The summed E-state index contributed by atoms with van der Waals surface area (Å²) in [5.41, 5.74) is 2.09. The van der Waals surface area contributed by atoms with Crippen LogP contribution in [-0.2, 0) is 0 Å². The number of aromatic nitrogens is 3. The van der Waals surface area contributed by atoms with Crippen molar-refractivity contribution in [2.24, 2.45) is 0 Å². The first-order chi connectivity index (χ1) is 4.97. The highest BCUT2D eigenvalue weighted by atomic mass is 14.9. The molecule has 0 amide bonds. The molecule has 0 aliphatic rings. The van der Waals surface area contributed by atoms with Gasteiger partial charge in [-0.3, -0.25) is 0 Å². The zero-order valence-corrected chi connectivity index (χ0v) is 5.33. The van der Waals surface area contributed by atoms with Gasteiger partial charge in [-0.2, -0.15) is 0 Å². The molecule has 2 aromatic rings. The molecular formula is C7H7N3. The fourth-order valence-electron chi connectivity index (χ4n) is 0.901. The van der Waals surface area contributed by atoms with E-state index < -0.39 is 0 Å². The minimum Gasteiger partial charge on any atom is -0.360 e. The van der Waals surface area contributed by atoms with Gasteiger partial charge >= 0.3 is 0 Å². The lowest BCUT2D eigenvalue weighted by atomic mass is 10.3. The Morgan fingerprint density at radius 1 is 1.20 bits per heavy atom. The molecule has 0 bridgehead atoms. The lowest BCUT2D eigenvalue weighted by Gasteiger charge is -1.87. The highest BCUT2D eigenvalue weighted by Crippen LogP contribution is 2.10. The summed E-state index contributed by atoms with van der Waals surface area (Å²) < 4.78 is 0. The largest absolute Gasteiger partial charge is 0.360 e. The van der Waals surface area contributed by atoms with E-state index in [9.17, 15) is 0 Å². The summed E-state index contributed by atoms with van der Waals surface area (Å²) in [7, 11) is 0. The zero-order valence-electron chi connectivity index (χ0n) is 5.33. The van der Waals surface area contributed by atoms with Crippen LogP contribution in [0, 0.1) is 0 Å². The molecule has 0 spiro atoms. The molecule has 10 heavy (non-hydrogen) atoms. The molecule has 2 N–H and O–H groups in total. The Kier molecular flexibility index (Phi) is 1.07. The Morgan fingerprint density at radius 3 is 2.80 bits per heavy atom. The van der Waals surface area contributed by atoms with Crippen molar-refractivity contribution in [2.75, 3.05) is 0 Å². The fraction of sp³-hybridized carbons (Fsp3) is 0. The van der Waals surface area contributed by atoms with E-state index in [2.05, 4.69) is 15.0 Å². The molecule has 3 nitrogen and oxygen atoms in total. The van der Waals surface area contributed by atoms with Crippen molar-refractivity contribution >= 4 is 0 Å². The summed E-state index contributed by atoms with van der Waals surface area (Å²) in [6.07, 6.45) is 5.33. The van der Waals surface area contributed by atoms with Gasteiger partial charge in [0.05, 0.1) is 23.9 Å². The minimum atomic E-state index is 1.02. The van der Waals surface area contributed by atoms with Gasteiger partial charge in [-0.1, -0.05) is 0 Å². The van der Waals surface area contributed by atoms with E-state index in [1.54, 1.807) is 12.5 Å². The first-order valence-corrected chi connectivity index (χ1v) is 3.09. The zero-order chi connectivity index (χ0) is 6.81. The molecule has 0 unspecified atom stereocenters. The molecule has 0 atom stereocenters. The van der Waals surface area contributed by atoms with Crippen LogP contribution in [0.25, 0.3) is 11.4 Å². The summed E-state index contributed by atoms with van der Waals surface area (Å²) in [6, 6.07) is 3.95. The van der Waals surface area contributed by atoms with Crippen molar-refractivity contribution in [1.29, 1.82) is 0 Å². The minimum absolute atomic E-state index is 1.02. The predicted molar refractivity (Wildman–Crippen MR) is 38.4 cm³/mol. The molecule has 0 saturated carbocycles. The van der Waals surface area contributed by atoms with E-state index in [1.807, 2.05) is 18.3 Å². The van der Waals surface area contributed by atoms with Crippen molar-refractivity contribution in [3.8, 4) is 11.4 Å². The van der Waals surface area contributed by atoms with Crippen LogP contribution in [-0.4, -0.2) is 15.0 Å². The molecule has 0 aliphatic heterocycles. The second kappa shape index (κ2) is 2.02. The second-order valence-corrected chi connectivity index (χ2v) is 2.05. The number of nitrogens with zero attached hydrogens (tertiary/aromatic N) is 1. The van der Waals surface area contributed by atoms with Gasteiger partial charge in [-0.05, 0) is 12.1 Å². The third-order valence-corrected chi connectivity index (χ3v) is 1.39. The first-order valence-electron chi connectivity index (χ1n) is 3.09. The van der Waals surface area contributed by atoms with Crippen molar-refractivity contribution < 1.29 is 0 Å². The predicted octanol–water partition coefficient (Wildman–Crippen LogP) is 1.40. The molecular weight excluding hydrogens is 126 g/mol. The maximum Gasteiger partial charge on any atom is 0.0924 e. The normalized spacial score (nSPS) is 10.0. The Hall–Kier alpha value is -1.51. The quantitative estimate of drug-likeness (QED) is 0.606. The molecule has 0 fully saturated rings. The van der Waals surface area contributed by atoms with Crippen molar-refractivity contribution in [2.45, 2.75) is 0 Å².